The highest BCUT2D eigenvalue weighted by molar-refractivity contribution is 6.01. The molecule has 0 aliphatic carbocycles. The van der Waals surface area contributed by atoms with Gasteiger partial charge < -0.3 is 10.2 Å². The molecule has 0 aromatic heterocycles. The third-order valence-corrected chi connectivity index (χ3v) is 3.97. The number of anilines is 1. The zero-order valence-corrected chi connectivity index (χ0v) is 13.3. The molecule has 1 aromatic rings. The molecule has 4 heteroatoms. The molecular formula is C17H24N2O2. The van der Waals surface area contributed by atoms with Crippen LogP contribution in [0, 0.1) is 19.8 Å². The first-order chi connectivity index (χ1) is 9.88. The van der Waals surface area contributed by atoms with Crippen LogP contribution in [0.5, 0.6) is 0 Å². The van der Waals surface area contributed by atoms with Crippen LogP contribution in [-0.4, -0.2) is 24.4 Å². The lowest BCUT2D eigenvalue weighted by molar-refractivity contribution is -0.125. The highest BCUT2D eigenvalue weighted by atomic mass is 16.2. The molecule has 1 atom stereocenters. The van der Waals surface area contributed by atoms with E-state index in [9.17, 15) is 9.59 Å². The Morgan fingerprint density at radius 2 is 1.95 bits per heavy atom. The molecule has 1 aliphatic rings. The van der Waals surface area contributed by atoms with Crippen molar-refractivity contribution in [2.24, 2.45) is 5.92 Å². The van der Waals surface area contributed by atoms with Gasteiger partial charge in [-0.3, -0.25) is 9.59 Å². The van der Waals surface area contributed by atoms with Crippen LogP contribution in [0.2, 0.25) is 0 Å². The van der Waals surface area contributed by atoms with E-state index in [1.54, 1.807) is 4.90 Å². The Hall–Kier alpha value is -1.84. The zero-order chi connectivity index (χ0) is 15.6. The highest BCUT2D eigenvalue weighted by Crippen LogP contribution is 2.22. The minimum absolute atomic E-state index is 0.00203. The number of hydrogen-bond donors (Lipinski definition) is 1. The van der Waals surface area contributed by atoms with Gasteiger partial charge in [-0.05, 0) is 49.4 Å². The molecule has 4 nitrogen and oxygen atoms in total. The number of hydrogen-bond acceptors (Lipinski definition) is 2. The molecule has 1 unspecified atom stereocenters. The highest BCUT2D eigenvalue weighted by Gasteiger charge is 2.31. The number of rotatable bonds is 3. The van der Waals surface area contributed by atoms with E-state index in [4.69, 9.17) is 0 Å². The van der Waals surface area contributed by atoms with Gasteiger partial charge in [-0.1, -0.05) is 19.9 Å². The van der Waals surface area contributed by atoms with Crippen molar-refractivity contribution in [3.63, 3.8) is 0 Å². The van der Waals surface area contributed by atoms with Crippen molar-refractivity contribution in [2.45, 2.75) is 46.6 Å². The van der Waals surface area contributed by atoms with Gasteiger partial charge in [-0.15, -0.1) is 0 Å². The van der Waals surface area contributed by atoms with Gasteiger partial charge in [0.2, 0.25) is 11.8 Å². The van der Waals surface area contributed by atoms with Gasteiger partial charge in [-0.25, -0.2) is 0 Å². The summed E-state index contributed by atoms with van der Waals surface area (Å²) in [5.41, 5.74) is 3.24. The molecule has 0 radical (unpaired) electrons. The maximum absolute atomic E-state index is 12.7. The number of aryl methyl sites for hydroxylation is 2. The third-order valence-electron chi connectivity index (χ3n) is 3.97. The lowest BCUT2D eigenvalue weighted by Gasteiger charge is -2.25. The second-order valence-corrected chi connectivity index (χ2v) is 6.26. The first kappa shape index (κ1) is 15.5. The van der Waals surface area contributed by atoms with Gasteiger partial charge in [0.25, 0.3) is 0 Å². The Balaban J connectivity index is 2.30. The van der Waals surface area contributed by atoms with Gasteiger partial charge in [0.05, 0.1) is 0 Å². The molecule has 2 amide bonds. The molecule has 2 rings (SSSR count). The van der Waals surface area contributed by atoms with E-state index >= 15 is 0 Å². The minimum Gasteiger partial charge on any atom is -0.344 e. The fourth-order valence-corrected chi connectivity index (χ4v) is 2.62. The smallest absolute Gasteiger partial charge is 0.249 e. The maximum atomic E-state index is 12.7. The van der Waals surface area contributed by atoms with Crippen molar-refractivity contribution in [1.82, 2.24) is 5.32 Å². The fourth-order valence-electron chi connectivity index (χ4n) is 2.62. The van der Waals surface area contributed by atoms with Crippen molar-refractivity contribution in [3.05, 3.63) is 29.3 Å². The Morgan fingerprint density at radius 1 is 1.24 bits per heavy atom. The lowest BCUT2D eigenvalue weighted by Crippen LogP contribution is -2.45. The number of benzene rings is 1. The van der Waals surface area contributed by atoms with Crippen molar-refractivity contribution in [3.8, 4) is 0 Å². The quantitative estimate of drug-likeness (QED) is 0.929. The molecule has 1 saturated heterocycles. The summed E-state index contributed by atoms with van der Waals surface area (Å²) >= 11 is 0. The maximum Gasteiger partial charge on any atom is 0.249 e. The van der Waals surface area contributed by atoms with Gasteiger partial charge in [0, 0.05) is 18.7 Å². The van der Waals surface area contributed by atoms with Gasteiger partial charge in [0.1, 0.15) is 6.04 Å². The molecule has 114 valence electrons. The summed E-state index contributed by atoms with van der Waals surface area (Å²) in [4.78, 5) is 26.3. The van der Waals surface area contributed by atoms with Crippen molar-refractivity contribution >= 4 is 17.5 Å². The summed E-state index contributed by atoms with van der Waals surface area (Å²) in [6.45, 7) is 8.66. The van der Waals surface area contributed by atoms with E-state index in [1.165, 1.54) is 5.56 Å². The lowest BCUT2D eigenvalue weighted by atomic mass is 10.0. The van der Waals surface area contributed by atoms with Crippen LogP contribution >= 0.6 is 0 Å². The predicted molar refractivity (Wildman–Crippen MR) is 84.3 cm³/mol. The number of amides is 2. The first-order valence-corrected chi connectivity index (χ1v) is 7.56. The Kier molecular flexibility index (Phi) is 4.66. The molecule has 0 saturated carbocycles. The zero-order valence-electron chi connectivity index (χ0n) is 13.3. The number of nitrogens with zero attached hydrogens (tertiary/aromatic N) is 1. The summed E-state index contributed by atoms with van der Waals surface area (Å²) in [5, 5.41) is 2.86. The van der Waals surface area contributed by atoms with Crippen LogP contribution in [0.15, 0.2) is 18.2 Å². The minimum atomic E-state index is -0.415. The standard InChI is InChI=1S/C17H24N2O2/c1-11(2)9-15-17(21)19(8-7-16(20)18-15)14-6-5-12(3)13(4)10-14/h5-6,10-11,15H,7-9H2,1-4H3,(H,18,20). The van der Waals surface area contributed by atoms with E-state index < -0.39 is 6.04 Å². The molecule has 0 spiro atoms. The Morgan fingerprint density at radius 3 is 2.57 bits per heavy atom. The van der Waals surface area contributed by atoms with Crippen molar-refractivity contribution < 1.29 is 9.59 Å². The Labute approximate surface area is 126 Å². The molecule has 1 N–H and O–H groups in total. The largest absolute Gasteiger partial charge is 0.344 e. The van der Waals surface area contributed by atoms with Crippen LogP contribution in [-0.2, 0) is 9.59 Å². The van der Waals surface area contributed by atoms with Crippen LogP contribution in [0.25, 0.3) is 0 Å². The molecule has 1 fully saturated rings. The van der Waals surface area contributed by atoms with E-state index in [2.05, 4.69) is 26.1 Å². The predicted octanol–water partition coefficient (Wildman–Crippen LogP) is 2.57. The molecule has 1 aliphatic heterocycles. The van der Waals surface area contributed by atoms with Crippen LogP contribution in [0.3, 0.4) is 0 Å². The Bertz CT molecular complexity index is 552. The fraction of sp³-hybridized carbons (Fsp3) is 0.529. The first-order valence-electron chi connectivity index (χ1n) is 7.56. The summed E-state index contributed by atoms with van der Waals surface area (Å²) in [7, 11) is 0. The van der Waals surface area contributed by atoms with Crippen molar-refractivity contribution in [1.29, 1.82) is 0 Å². The molecule has 1 heterocycles. The van der Waals surface area contributed by atoms with E-state index in [0.29, 0.717) is 25.3 Å². The topological polar surface area (TPSA) is 49.4 Å². The third kappa shape index (κ3) is 3.63. The van der Waals surface area contributed by atoms with Crippen molar-refractivity contribution in [2.75, 3.05) is 11.4 Å². The van der Waals surface area contributed by atoms with Gasteiger partial charge in [-0.2, -0.15) is 0 Å². The number of carbonyl (C=O) groups excluding carboxylic acids is 2. The number of carbonyl (C=O) groups is 2. The second kappa shape index (κ2) is 6.29. The van der Waals surface area contributed by atoms with Crippen LogP contribution in [0.1, 0.15) is 37.8 Å². The van der Waals surface area contributed by atoms with Crippen LogP contribution in [0.4, 0.5) is 5.69 Å². The van der Waals surface area contributed by atoms with Crippen LogP contribution < -0.4 is 10.2 Å². The summed E-state index contributed by atoms with van der Waals surface area (Å²) in [6.07, 6.45) is 1.03. The van der Waals surface area contributed by atoms with E-state index in [1.807, 2.05) is 25.1 Å². The van der Waals surface area contributed by atoms with E-state index in [-0.39, 0.29) is 11.8 Å². The summed E-state index contributed by atoms with van der Waals surface area (Å²) in [6, 6.07) is 5.59. The SMILES string of the molecule is Cc1ccc(N2CCC(=O)NC(CC(C)C)C2=O)cc1C. The molecule has 0 bridgehead atoms. The average molecular weight is 288 g/mol. The normalized spacial score (nSPS) is 19.7. The second-order valence-electron chi connectivity index (χ2n) is 6.26. The van der Waals surface area contributed by atoms with Gasteiger partial charge >= 0.3 is 0 Å². The molecule has 21 heavy (non-hydrogen) atoms. The van der Waals surface area contributed by atoms with E-state index in [0.717, 1.165) is 11.3 Å². The molecular weight excluding hydrogens is 264 g/mol. The average Bonchev–Trinajstić information content (AvgIpc) is 2.53. The molecule has 1 aromatic carbocycles. The summed E-state index contributed by atoms with van der Waals surface area (Å²) in [5.74, 6) is 0.317. The monoisotopic (exact) mass is 288 g/mol. The van der Waals surface area contributed by atoms with Gasteiger partial charge in [0.15, 0.2) is 0 Å². The summed E-state index contributed by atoms with van der Waals surface area (Å²) < 4.78 is 0. The number of nitrogens with one attached hydrogen (secondary N) is 1.